The molecule has 5 nitrogen and oxygen atoms in total. The van der Waals surface area contributed by atoms with Gasteiger partial charge in [-0.15, -0.1) is 24.0 Å². The predicted molar refractivity (Wildman–Crippen MR) is 124 cm³/mol. The Kier molecular flexibility index (Phi) is 11.7. The van der Waals surface area contributed by atoms with Crippen molar-refractivity contribution in [3.05, 3.63) is 30.3 Å². The van der Waals surface area contributed by atoms with Crippen molar-refractivity contribution >= 4 is 35.6 Å². The molecule has 1 N–H and O–H groups in total. The maximum absolute atomic E-state index is 4.48. The van der Waals surface area contributed by atoms with E-state index in [1.165, 1.54) is 25.1 Å². The number of aliphatic imine (C=N–C) groups is 1. The van der Waals surface area contributed by atoms with Crippen LogP contribution in [0.2, 0.25) is 0 Å². The van der Waals surface area contributed by atoms with Crippen molar-refractivity contribution in [3.63, 3.8) is 0 Å². The van der Waals surface area contributed by atoms with Gasteiger partial charge in [0, 0.05) is 45.5 Å². The monoisotopic (exact) mass is 473 g/mol. The van der Waals surface area contributed by atoms with Gasteiger partial charge in [0.25, 0.3) is 0 Å². The molecule has 148 valence electrons. The second-order valence-electron chi connectivity index (χ2n) is 6.52. The molecular weight excluding hydrogens is 437 g/mol. The molecule has 1 aliphatic rings. The van der Waals surface area contributed by atoms with E-state index in [-0.39, 0.29) is 24.0 Å². The minimum atomic E-state index is 0. The molecule has 1 heterocycles. The molecule has 0 bridgehead atoms. The number of nitrogens with zero attached hydrogens (tertiary/aromatic N) is 4. The van der Waals surface area contributed by atoms with E-state index in [1.807, 2.05) is 7.05 Å². The standard InChI is InChI=1S/C20H35N5.HI/c1-4-23(5-2)14-10-9-13-22-20(21-3)25-17-15-24(16-18-25)19-11-7-6-8-12-19;/h6-8,11-12H,4-5,9-10,13-18H2,1-3H3,(H,21,22);1H. The van der Waals surface area contributed by atoms with Gasteiger partial charge in [-0.05, 0) is 44.6 Å². The molecule has 0 atom stereocenters. The molecule has 1 aromatic rings. The van der Waals surface area contributed by atoms with Crippen LogP contribution in [0.15, 0.2) is 35.3 Å². The van der Waals surface area contributed by atoms with Crippen LogP contribution < -0.4 is 10.2 Å². The SMILES string of the molecule is CCN(CC)CCCCNC(=NC)N1CCN(c2ccccc2)CC1.I. The lowest BCUT2D eigenvalue weighted by atomic mass is 10.2. The van der Waals surface area contributed by atoms with Gasteiger partial charge in [0.1, 0.15) is 0 Å². The summed E-state index contributed by atoms with van der Waals surface area (Å²) in [4.78, 5) is 11.8. The van der Waals surface area contributed by atoms with Crippen LogP contribution in [0.4, 0.5) is 5.69 Å². The van der Waals surface area contributed by atoms with Gasteiger partial charge in [-0.3, -0.25) is 4.99 Å². The minimum Gasteiger partial charge on any atom is -0.368 e. The summed E-state index contributed by atoms with van der Waals surface area (Å²) in [5.41, 5.74) is 1.32. The highest BCUT2D eigenvalue weighted by Crippen LogP contribution is 2.15. The second-order valence-corrected chi connectivity index (χ2v) is 6.52. The Morgan fingerprint density at radius 1 is 1.04 bits per heavy atom. The van der Waals surface area contributed by atoms with Gasteiger partial charge in [-0.25, -0.2) is 0 Å². The maximum atomic E-state index is 4.48. The average molecular weight is 473 g/mol. The van der Waals surface area contributed by atoms with Crippen LogP contribution in [-0.4, -0.2) is 75.2 Å². The molecular formula is C20H36IN5. The molecule has 0 aliphatic carbocycles. The van der Waals surface area contributed by atoms with Crippen molar-refractivity contribution in [1.29, 1.82) is 0 Å². The first-order chi connectivity index (χ1) is 12.3. The number of guanidine groups is 1. The molecule has 1 aliphatic heterocycles. The first-order valence-electron chi connectivity index (χ1n) is 9.76. The van der Waals surface area contributed by atoms with Crippen LogP contribution in [0.3, 0.4) is 0 Å². The highest BCUT2D eigenvalue weighted by atomic mass is 127. The highest BCUT2D eigenvalue weighted by Gasteiger charge is 2.19. The fourth-order valence-electron chi connectivity index (χ4n) is 3.35. The Balaban J connectivity index is 0.00000338. The number of nitrogens with one attached hydrogen (secondary N) is 1. The van der Waals surface area contributed by atoms with Crippen molar-refractivity contribution in [1.82, 2.24) is 15.1 Å². The third-order valence-corrected chi connectivity index (χ3v) is 4.99. The summed E-state index contributed by atoms with van der Waals surface area (Å²) in [6, 6.07) is 10.7. The van der Waals surface area contributed by atoms with Gasteiger partial charge in [0.05, 0.1) is 0 Å². The number of hydrogen-bond acceptors (Lipinski definition) is 3. The van der Waals surface area contributed by atoms with Gasteiger partial charge >= 0.3 is 0 Å². The predicted octanol–water partition coefficient (Wildman–Crippen LogP) is 3.12. The molecule has 0 radical (unpaired) electrons. The molecule has 2 rings (SSSR count). The van der Waals surface area contributed by atoms with Crippen LogP contribution in [0, 0.1) is 0 Å². The smallest absolute Gasteiger partial charge is 0.193 e. The topological polar surface area (TPSA) is 34.1 Å². The largest absolute Gasteiger partial charge is 0.368 e. The van der Waals surface area contributed by atoms with Crippen LogP contribution in [0.1, 0.15) is 26.7 Å². The molecule has 0 amide bonds. The number of benzene rings is 1. The number of piperazine rings is 1. The Hall–Kier alpha value is -1.02. The van der Waals surface area contributed by atoms with E-state index in [1.54, 1.807) is 0 Å². The number of para-hydroxylation sites is 1. The fourth-order valence-corrected chi connectivity index (χ4v) is 3.35. The van der Waals surface area contributed by atoms with Crippen LogP contribution in [-0.2, 0) is 0 Å². The lowest BCUT2D eigenvalue weighted by Gasteiger charge is -2.37. The van der Waals surface area contributed by atoms with Crippen molar-refractivity contribution < 1.29 is 0 Å². The molecule has 1 aromatic carbocycles. The normalized spacial score (nSPS) is 15.2. The van der Waals surface area contributed by atoms with Crippen molar-refractivity contribution in [3.8, 4) is 0 Å². The summed E-state index contributed by atoms with van der Waals surface area (Å²) in [6.45, 7) is 13.1. The summed E-state index contributed by atoms with van der Waals surface area (Å²) in [7, 11) is 1.89. The van der Waals surface area contributed by atoms with E-state index in [4.69, 9.17) is 0 Å². The van der Waals surface area contributed by atoms with Gasteiger partial charge in [0.2, 0.25) is 0 Å². The summed E-state index contributed by atoms with van der Waals surface area (Å²) in [5, 5.41) is 3.54. The lowest BCUT2D eigenvalue weighted by molar-refractivity contribution is 0.296. The maximum Gasteiger partial charge on any atom is 0.193 e. The van der Waals surface area contributed by atoms with Gasteiger partial charge in [-0.1, -0.05) is 32.0 Å². The third kappa shape index (κ3) is 7.31. The molecule has 0 spiro atoms. The zero-order valence-corrected chi connectivity index (χ0v) is 19.0. The van der Waals surface area contributed by atoms with Crippen molar-refractivity contribution in [2.75, 3.05) is 64.3 Å². The van der Waals surface area contributed by atoms with E-state index in [2.05, 4.69) is 69.2 Å². The average Bonchev–Trinajstić information content (AvgIpc) is 2.68. The van der Waals surface area contributed by atoms with E-state index in [0.717, 1.165) is 51.8 Å². The molecule has 26 heavy (non-hydrogen) atoms. The van der Waals surface area contributed by atoms with E-state index >= 15 is 0 Å². The Labute approximate surface area is 176 Å². The molecule has 0 unspecified atom stereocenters. The fraction of sp³-hybridized carbons (Fsp3) is 0.650. The Bertz CT molecular complexity index is 496. The molecule has 0 aromatic heterocycles. The van der Waals surface area contributed by atoms with Gasteiger partial charge in [0.15, 0.2) is 5.96 Å². The molecule has 1 fully saturated rings. The Morgan fingerprint density at radius 2 is 1.69 bits per heavy atom. The van der Waals surface area contributed by atoms with Crippen molar-refractivity contribution in [2.24, 2.45) is 4.99 Å². The quantitative estimate of drug-likeness (QED) is 0.272. The molecule has 0 saturated carbocycles. The lowest BCUT2D eigenvalue weighted by Crippen LogP contribution is -2.52. The van der Waals surface area contributed by atoms with Crippen LogP contribution in [0.5, 0.6) is 0 Å². The zero-order chi connectivity index (χ0) is 17.9. The van der Waals surface area contributed by atoms with Crippen LogP contribution >= 0.6 is 24.0 Å². The second kappa shape index (κ2) is 13.2. The zero-order valence-electron chi connectivity index (χ0n) is 16.7. The summed E-state index contributed by atoms with van der Waals surface area (Å²) in [5.74, 6) is 1.05. The van der Waals surface area contributed by atoms with Gasteiger partial charge < -0.3 is 20.0 Å². The third-order valence-electron chi connectivity index (χ3n) is 4.99. The molecule has 1 saturated heterocycles. The van der Waals surface area contributed by atoms with Gasteiger partial charge in [-0.2, -0.15) is 0 Å². The number of rotatable bonds is 8. The molecule has 6 heteroatoms. The summed E-state index contributed by atoms with van der Waals surface area (Å²) < 4.78 is 0. The van der Waals surface area contributed by atoms with E-state index < -0.39 is 0 Å². The number of anilines is 1. The Morgan fingerprint density at radius 3 is 2.27 bits per heavy atom. The summed E-state index contributed by atoms with van der Waals surface area (Å²) >= 11 is 0. The highest BCUT2D eigenvalue weighted by molar-refractivity contribution is 14.0. The number of unbranched alkanes of at least 4 members (excludes halogenated alkanes) is 1. The van der Waals surface area contributed by atoms with E-state index in [9.17, 15) is 0 Å². The first kappa shape index (κ1) is 23.0. The van der Waals surface area contributed by atoms with E-state index in [0.29, 0.717) is 0 Å². The van der Waals surface area contributed by atoms with Crippen LogP contribution in [0.25, 0.3) is 0 Å². The first-order valence-corrected chi connectivity index (χ1v) is 9.76. The summed E-state index contributed by atoms with van der Waals surface area (Å²) in [6.07, 6.45) is 2.44. The minimum absolute atomic E-state index is 0. The number of halogens is 1. The number of hydrogen-bond donors (Lipinski definition) is 1. The van der Waals surface area contributed by atoms with Crippen molar-refractivity contribution in [2.45, 2.75) is 26.7 Å².